The maximum absolute atomic E-state index is 13.0. The number of nitrogens with one attached hydrogen (secondary N) is 1. The number of halogens is 1. The highest BCUT2D eigenvalue weighted by molar-refractivity contribution is 7.93. The summed E-state index contributed by atoms with van der Waals surface area (Å²) in [6.07, 6.45) is 3.19. The lowest BCUT2D eigenvalue weighted by atomic mass is 10.2. The predicted octanol–water partition coefficient (Wildman–Crippen LogP) is 1.90. The SMILES string of the molecule is Nc1ccc(S(=O)(=O)Nc2cc(Cl)ccc2Cn2ccnn2)c2nonc12. The number of nitrogens with zero attached hydrogens (tertiary/aromatic N) is 5. The van der Waals surface area contributed by atoms with Crippen LogP contribution in [0.25, 0.3) is 11.0 Å². The Balaban J connectivity index is 1.75. The van der Waals surface area contributed by atoms with Crippen molar-refractivity contribution in [3.8, 4) is 0 Å². The highest BCUT2D eigenvalue weighted by Gasteiger charge is 2.23. The molecule has 0 aliphatic rings. The van der Waals surface area contributed by atoms with Crippen LogP contribution in [0, 0.1) is 0 Å². The van der Waals surface area contributed by atoms with Crippen molar-refractivity contribution >= 4 is 44.0 Å². The Kier molecular flexibility index (Phi) is 4.16. The van der Waals surface area contributed by atoms with Crippen molar-refractivity contribution in [2.24, 2.45) is 0 Å². The van der Waals surface area contributed by atoms with Crippen LogP contribution < -0.4 is 10.5 Å². The van der Waals surface area contributed by atoms with Gasteiger partial charge in [-0.25, -0.2) is 17.7 Å². The van der Waals surface area contributed by atoms with Crippen LogP contribution in [-0.4, -0.2) is 33.7 Å². The largest absolute Gasteiger partial charge is 0.397 e. The average molecular weight is 406 g/mol. The molecular weight excluding hydrogens is 394 g/mol. The second-order valence-electron chi connectivity index (χ2n) is 5.62. The Hall–Kier alpha value is -3.18. The van der Waals surface area contributed by atoms with Gasteiger partial charge >= 0.3 is 0 Å². The number of hydrogen-bond donors (Lipinski definition) is 2. The molecule has 0 aliphatic carbocycles. The molecule has 2 heterocycles. The quantitative estimate of drug-likeness (QED) is 0.479. The first-order valence-electron chi connectivity index (χ1n) is 7.60. The van der Waals surface area contributed by atoms with Crippen LogP contribution in [-0.2, 0) is 16.6 Å². The van der Waals surface area contributed by atoms with Gasteiger partial charge < -0.3 is 5.73 Å². The van der Waals surface area contributed by atoms with Gasteiger partial charge in [-0.3, -0.25) is 4.72 Å². The Bertz CT molecular complexity index is 1220. The van der Waals surface area contributed by atoms with Crippen LogP contribution in [0.1, 0.15) is 5.56 Å². The lowest BCUT2D eigenvalue weighted by Crippen LogP contribution is -2.16. The Labute approximate surface area is 157 Å². The topological polar surface area (TPSA) is 142 Å². The minimum atomic E-state index is -4.02. The standard InChI is InChI=1S/C15H12ClN7O3S/c16-10-2-1-9(8-23-6-5-18-22-23)12(7-10)21-27(24,25)13-4-3-11(17)14-15(13)20-26-19-14/h1-7,21H,8,17H2. The fourth-order valence-corrected chi connectivity index (χ4v) is 3.95. The number of hydrogen-bond acceptors (Lipinski definition) is 8. The molecule has 3 N–H and O–H groups in total. The normalized spacial score (nSPS) is 11.7. The minimum absolute atomic E-state index is 0.0438. The van der Waals surface area contributed by atoms with E-state index in [1.54, 1.807) is 23.0 Å². The van der Waals surface area contributed by atoms with Gasteiger partial charge in [-0.1, -0.05) is 22.9 Å². The molecular formula is C15H12ClN7O3S. The van der Waals surface area contributed by atoms with Gasteiger partial charge in [0.1, 0.15) is 4.90 Å². The zero-order chi connectivity index (χ0) is 19.0. The molecule has 0 saturated heterocycles. The Morgan fingerprint density at radius 1 is 1.19 bits per heavy atom. The summed E-state index contributed by atoms with van der Waals surface area (Å²) in [5, 5.41) is 15.3. The van der Waals surface area contributed by atoms with Gasteiger partial charge in [-0.15, -0.1) is 5.10 Å². The summed E-state index contributed by atoms with van der Waals surface area (Å²) < 4.78 is 34.6. The summed E-state index contributed by atoms with van der Waals surface area (Å²) in [6.45, 7) is 0.303. The van der Waals surface area contributed by atoms with E-state index in [0.717, 1.165) is 0 Å². The molecule has 27 heavy (non-hydrogen) atoms. The number of nitrogens with two attached hydrogens (primary N) is 1. The maximum Gasteiger partial charge on any atom is 0.264 e. The Morgan fingerprint density at radius 3 is 2.78 bits per heavy atom. The first-order valence-corrected chi connectivity index (χ1v) is 9.46. The molecule has 0 radical (unpaired) electrons. The Morgan fingerprint density at radius 2 is 2.00 bits per heavy atom. The highest BCUT2D eigenvalue weighted by atomic mass is 35.5. The zero-order valence-corrected chi connectivity index (χ0v) is 15.1. The van der Waals surface area contributed by atoms with E-state index in [9.17, 15) is 8.42 Å². The monoisotopic (exact) mass is 405 g/mol. The van der Waals surface area contributed by atoms with E-state index in [1.165, 1.54) is 24.4 Å². The van der Waals surface area contributed by atoms with Gasteiger partial charge in [0.2, 0.25) is 0 Å². The number of sulfonamides is 1. The zero-order valence-electron chi connectivity index (χ0n) is 13.6. The minimum Gasteiger partial charge on any atom is -0.397 e. The second-order valence-corrected chi connectivity index (χ2v) is 7.71. The van der Waals surface area contributed by atoms with Crippen molar-refractivity contribution in [2.75, 3.05) is 10.5 Å². The summed E-state index contributed by atoms with van der Waals surface area (Å²) >= 11 is 6.05. The van der Waals surface area contributed by atoms with E-state index in [2.05, 4.69) is 30.0 Å². The first kappa shape index (κ1) is 17.2. The van der Waals surface area contributed by atoms with Crippen LogP contribution in [0.2, 0.25) is 5.02 Å². The summed E-state index contributed by atoms with van der Waals surface area (Å²) in [7, 11) is -4.02. The molecule has 4 aromatic rings. The molecule has 0 fully saturated rings. The van der Waals surface area contributed by atoms with E-state index in [4.69, 9.17) is 17.3 Å². The summed E-state index contributed by atoms with van der Waals surface area (Å²) in [6, 6.07) is 7.65. The van der Waals surface area contributed by atoms with Crippen LogP contribution >= 0.6 is 11.6 Å². The smallest absolute Gasteiger partial charge is 0.264 e. The van der Waals surface area contributed by atoms with E-state index in [1.807, 2.05) is 0 Å². The molecule has 2 aromatic carbocycles. The molecule has 12 heteroatoms. The van der Waals surface area contributed by atoms with Crippen LogP contribution in [0.5, 0.6) is 0 Å². The molecule has 0 unspecified atom stereocenters. The van der Waals surface area contributed by atoms with E-state index >= 15 is 0 Å². The van der Waals surface area contributed by atoms with E-state index in [-0.39, 0.29) is 21.6 Å². The van der Waals surface area contributed by atoms with Crippen molar-refractivity contribution in [1.82, 2.24) is 25.3 Å². The number of aromatic nitrogens is 5. The molecule has 0 amide bonds. The average Bonchev–Trinajstić information content (AvgIpc) is 3.29. The van der Waals surface area contributed by atoms with Crippen LogP contribution in [0.15, 0.2) is 52.3 Å². The third-order valence-electron chi connectivity index (χ3n) is 3.82. The predicted molar refractivity (Wildman–Crippen MR) is 97.6 cm³/mol. The van der Waals surface area contributed by atoms with Crippen molar-refractivity contribution < 1.29 is 13.0 Å². The molecule has 0 atom stereocenters. The van der Waals surface area contributed by atoms with Crippen molar-refractivity contribution in [3.63, 3.8) is 0 Å². The van der Waals surface area contributed by atoms with Gasteiger partial charge in [0.15, 0.2) is 11.0 Å². The maximum atomic E-state index is 13.0. The van der Waals surface area contributed by atoms with E-state index in [0.29, 0.717) is 22.8 Å². The van der Waals surface area contributed by atoms with Gasteiger partial charge in [-0.05, 0) is 40.1 Å². The molecule has 0 aliphatic heterocycles. The van der Waals surface area contributed by atoms with Gasteiger partial charge in [0.25, 0.3) is 10.0 Å². The van der Waals surface area contributed by atoms with E-state index < -0.39 is 10.0 Å². The van der Waals surface area contributed by atoms with Crippen molar-refractivity contribution in [3.05, 3.63) is 53.3 Å². The number of rotatable bonds is 5. The van der Waals surface area contributed by atoms with Crippen molar-refractivity contribution in [1.29, 1.82) is 0 Å². The molecule has 10 nitrogen and oxygen atoms in total. The molecule has 0 bridgehead atoms. The lowest BCUT2D eigenvalue weighted by molar-refractivity contribution is 0.315. The van der Waals surface area contributed by atoms with Gasteiger partial charge in [0, 0.05) is 11.2 Å². The number of benzene rings is 2. The van der Waals surface area contributed by atoms with Crippen LogP contribution in [0.3, 0.4) is 0 Å². The van der Waals surface area contributed by atoms with Gasteiger partial charge in [0.05, 0.1) is 24.1 Å². The first-order chi connectivity index (χ1) is 12.9. The van der Waals surface area contributed by atoms with Crippen LogP contribution in [0.4, 0.5) is 11.4 Å². The third kappa shape index (κ3) is 3.29. The molecule has 0 spiro atoms. The number of anilines is 2. The summed E-state index contributed by atoms with van der Waals surface area (Å²) in [4.78, 5) is -0.111. The number of nitrogen functional groups attached to an aromatic ring is 1. The highest BCUT2D eigenvalue weighted by Crippen LogP contribution is 2.29. The third-order valence-corrected chi connectivity index (χ3v) is 5.45. The molecule has 4 rings (SSSR count). The molecule has 2 aromatic heterocycles. The summed E-state index contributed by atoms with van der Waals surface area (Å²) in [5.41, 5.74) is 7.21. The summed E-state index contributed by atoms with van der Waals surface area (Å²) in [5.74, 6) is 0. The second kappa shape index (κ2) is 6.52. The number of fused-ring (bicyclic) bond motifs is 1. The molecule has 0 saturated carbocycles. The van der Waals surface area contributed by atoms with Crippen molar-refractivity contribution in [2.45, 2.75) is 11.4 Å². The lowest BCUT2D eigenvalue weighted by Gasteiger charge is -2.13. The fourth-order valence-electron chi connectivity index (χ4n) is 2.55. The molecule has 138 valence electrons. The van der Waals surface area contributed by atoms with Gasteiger partial charge in [-0.2, -0.15) is 0 Å². The fraction of sp³-hybridized carbons (Fsp3) is 0.0667.